The third kappa shape index (κ3) is 2.76. The molecule has 1 aromatic heterocycles. The fraction of sp³-hybridized carbons (Fsp3) is 0.167. The normalized spacial score (nSPS) is 11.6. The monoisotopic (exact) mass is 285 g/mol. The summed E-state index contributed by atoms with van der Waals surface area (Å²) in [7, 11) is 0. The number of hydrogen-bond acceptors (Lipinski definition) is 2. The summed E-state index contributed by atoms with van der Waals surface area (Å²) in [4.78, 5) is 0.110. The van der Waals surface area contributed by atoms with Gasteiger partial charge in [-0.2, -0.15) is 18.3 Å². The molecule has 2 rings (SSSR count). The van der Waals surface area contributed by atoms with Crippen molar-refractivity contribution in [1.29, 1.82) is 0 Å². The number of rotatable bonds is 2. The van der Waals surface area contributed by atoms with Gasteiger partial charge in [-0.25, -0.2) is 4.68 Å². The molecule has 0 saturated heterocycles. The number of benzene rings is 1. The lowest BCUT2D eigenvalue weighted by atomic mass is 10.1. The average Bonchev–Trinajstić information content (AvgIpc) is 2.77. The summed E-state index contributed by atoms with van der Waals surface area (Å²) in [5.41, 5.74) is 6.40. The fourth-order valence-electron chi connectivity index (χ4n) is 1.65. The topological polar surface area (TPSA) is 43.8 Å². The van der Waals surface area contributed by atoms with Gasteiger partial charge >= 0.3 is 6.18 Å². The molecule has 100 valence electrons. The number of thiocarbonyl (C=S) groups is 1. The van der Waals surface area contributed by atoms with Crippen molar-refractivity contribution >= 4 is 17.2 Å². The van der Waals surface area contributed by atoms with Gasteiger partial charge in [0, 0.05) is 11.8 Å². The van der Waals surface area contributed by atoms with E-state index >= 15 is 0 Å². The lowest BCUT2D eigenvalue weighted by molar-refractivity contribution is -0.141. The van der Waals surface area contributed by atoms with Gasteiger partial charge in [-0.1, -0.05) is 18.3 Å². The van der Waals surface area contributed by atoms with Gasteiger partial charge in [0.25, 0.3) is 0 Å². The molecule has 0 aliphatic rings. The second-order valence-corrected chi connectivity index (χ2v) is 4.47. The molecule has 0 spiro atoms. The lowest BCUT2D eigenvalue weighted by Crippen LogP contribution is -2.14. The zero-order chi connectivity index (χ0) is 14.2. The molecule has 0 aliphatic heterocycles. The van der Waals surface area contributed by atoms with Gasteiger partial charge in [0.15, 0.2) is 5.69 Å². The maximum absolute atomic E-state index is 12.5. The Hall–Kier alpha value is -1.89. The van der Waals surface area contributed by atoms with Crippen molar-refractivity contribution in [2.75, 3.05) is 0 Å². The van der Waals surface area contributed by atoms with E-state index in [2.05, 4.69) is 5.10 Å². The van der Waals surface area contributed by atoms with Crippen molar-refractivity contribution < 1.29 is 13.2 Å². The number of nitrogens with zero attached hydrogens (tertiary/aromatic N) is 2. The van der Waals surface area contributed by atoms with E-state index in [1.165, 1.54) is 6.20 Å². The number of halogens is 3. The van der Waals surface area contributed by atoms with E-state index in [4.69, 9.17) is 18.0 Å². The molecule has 2 aromatic rings. The van der Waals surface area contributed by atoms with Crippen LogP contribution in [0.3, 0.4) is 0 Å². The molecule has 0 aliphatic carbocycles. The molecule has 0 amide bonds. The minimum Gasteiger partial charge on any atom is -0.389 e. The molecule has 0 bridgehead atoms. The minimum absolute atomic E-state index is 0.110. The largest absolute Gasteiger partial charge is 0.435 e. The molecular weight excluding hydrogens is 275 g/mol. The number of nitrogens with two attached hydrogens (primary N) is 1. The summed E-state index contributed by atoms with van der Waals surface area (Å²) in [6.07, 6.45) is -3.24. The van der Waals surface area contributed by atoms with E-state index in [1.54, 1.807) is 18.2 Å². The SMILES string of the molecule is Cc1ccc(C(N)=S)c(-n2ccc(C(F)(F)F)n2)c1. The highest BCUT2D eigenvalue weighted by molar-refractivity contribution is 7.80. The van der Waals surface area contributed by atoms with E-state index in [1.807, 2.05) is 6.92 Å². The maximum atomic E-state index is 12.5. The van der Waals surface area contributed by atoms with E-state index in [0.717, 1.165) is 16.3 Å². The van der Waals surface area contributed by atoms with Gasteiger partial charge in [-0.3, -0.25) is 0 Å². The Morgan fingerprint density at radius 2 is 2.00 bits per heavy atom. The Morgan fingerprint density at radius 3 is 2.53 bits per heavy atom. The highest BCUT2D eigenvalue weighted by atomic mass is 32.1. The van der Waals surface area contributed by atoms with Crippen molar-refractivity contribution in [3.8, 4) is 5.69 Å². The molecule has 19 heavy (non-hydrogen) atoms. The fourth-order valence-corrected chi connectivity index (χ4v) is 1.82. The Labute approximate surface area is 112 Å². The van der Waals surface area contributed by atoms with Crippen LogP contribution in [0.2, 0.25) is 0 Å². The molecule has 3 nitrogen and oxygen atoms in total. The van der Waals surface area contributed by atoms with Gasteiger partial charge in [0.05, 0.1) is 5.69 Å². The van der Waals surface area contributed by atoms with Crippen molar-refractivity contribution in [2.45, 2.75) is 13.1 Å². The van der Waals surface area contributed by atoms with Gasteiger partial charge in [-0.15, -0.1) is 0 Å². The maximum Gasteiger partial charge on any atom is 0.435 e. The van der Waals surface area contributed by atoms with Crippen LogP contribution in [0.15, 0.2) is 30.5 Å². The molecular formula is C12H10F3N3S. The van der Waals surface area contributed by atoms with Crippen LogP contribution in [0.25, 0.3) is 5.69 Å². The average molecular weight is 285 g/mol. The van der Waals surface area contributed by atoms with Crippen LogP contribution in [0.5, 0.6) is 0 Å². The zero-order valence-corrected chi connectivity index (χ0v) is 10.7. The lowest BCUT2D eigenvalue weighted by Gasteiger charge is -2.09. The summed E-state index contributed by atoms with van der Waals surface area (Å²) in [5.74, 6) is 0. The van der Waals surface area contributed by atoms with Gasteiger partial charge in [-0.05, 0) is 30.7 Å². The van der Waals surface area contributed by atoms with Crippen molar-refractivity contribution in [3.05, 3.63) is 47.3 Å². The third-order valence-corrected chi connectivity index (χ3v) is 2.76. The van der Waals surface area contributed by atoms with Crippen LogP contribution in [0.4, 0.5) is 13.2 Å². The van der Waals surface area contributed by atoms with Crippen molar-refractivity contribution in [1.82, 2.24) is 9.78 Å². The number of alkyl halides is 3. The summed E-state index contributed by atoms with van der Waals surface area (Å²) in [6, 6.07) is 6.04. The van der Waals surface area contributed by atoms with E-state index in [9.17, 15) is 13.2 Å². The van der Waals surface area contributed by atoms with Crippen LogP contribution in [0.1, 0.15) is 16.8 Å². The summed E-state index contributed by atoms with van der Waals surface area (Å²) >= 11 is 4.89. The molecule has 0 fully saturated rings. The molecule has 0 unspecified atom stereocenters. The standard InChI is InChI=1S/C12H10F3N3S/c1-7-2-3-8(11(16)19)9(6-7)18-5-4-10(17-18)12(13,14)15/h2-6H,1H3,(H2,16,19). The first-order valence-corrected chi connectivity index (χ1v) is 5.73. The second-order valence-electron chi connectivity index (χ2n) is 4.03. The highest BCUT2D eigenvalue weighted by Gasteiger charge is 2.33. The summed E-state index contributed by atoms with van der Waals surface area (Å²) < 4.78 is 38.7. The van der Waals surface area contributed by atoms with E-state index in [0.29, 0.717) is 11.3 Å². The number of hydrogen-bond donors (Lipinski definition) is 1. The Morgan fingerprint density at radius 1 is 1.32 bits per heavy atom. The Kier molecular flexibility index (Phi) is 3.32. The zero-order valence-electron chi connectivity index (χ0n) is 9.90. The van der Waals surface area contributed by atoms with Gasteiger partial charge in [0.1, 0.15) is 4.99 Å². The van der Waals surface area contributed by atoms with E-state index < -0.39 is 11.9 Å². The molecule has 2 N–H and O–H groups in total. The number of aryl methyl sites for hydroxylation is 1. The first-order valence-electron chi connectivity index (χ1n) is 5.33. The van der Waals surface area contributed by atoms with Crippen LogP contribution >= 0.6 is 12.2 Å². The summed E-state index contributed by atoms with van der Waals surface area (Å²) in [6.45, 7) is 1.82. The Bertz CT molecular complexity index is 631. The van der Waals surface area contributed by atoms with Gasteiger partial charge in [0.2, 0.25) is 0 Å². The van der Waals surface area contributed by atoms with Crippen LogP contribution in [-0.2, 0) is 6.18 Å². The summed E-state index contributed by atoms with van der Waals surface area (Å²) in [5, 5.41) is 3.51. The van der Waals surface area contributed by atoms with Crippen molar-refractivity contribution in [2.24, 2.45) is 5.73 Å². The second kappa shape index (κ2) is 4.65. The molecule has 7 heteroatoms. The minimum atomic E-state index is -4.47. The predicted molar refractivity (Wildman–Crippen MR) is 69.2 cm³/mol. The Balaban J connectivity index is 2.55. The third-order valence-electron chi connectivity index (χ3n) is 2.55. The molecule has 1 aromatic carbocycles. The predicted octanol–water partition coefficient (Wildman–Crippen LogP) is 2.83. The number of aromatic nitrogens is 2. The van der Waals surface area contributed by atoms with E-state index in [-0.39, 0.29) is 4.99 Å². The smallest absolute Gasteiger partial charge is 0.389 e. The first-order chi connectivity index (χ1) is 8.79. The van der Waals surface area contributed by atoms with Crippen LogP contribution in [-0.4, -0.2) is 14.8 Å². The van der Waals surface area contributed by atoms with Crippen LogP contribution in [0, 0.1) is 6.92 Å². The van der Waals surface area contributed by atoms with Crippen LogP contribution < -0.4 is 5.73 Å². The molecule has 1 heterocycles. The molecule has 0 radical (unpaired) electrons. The van der Waals surface area contributed by atoms with Crippen molar-refractivity contribution in [3.63, 3.8) is 0 Å². The first kappa shape index (κ1) is 13.5. The molecule has 0 saturated carbocycles. The highest BCUT2D eigenvalue weighted by Crippen LogP contribution is 2.28. The quantitative estimate of drug-likeness (QED) is 0.863. The molecule has 0 atom stereocenters. The van der Waals surface area contributed by atoms with Gasteiger partial charge < -0.3 is 5.73 Å².